The Labute approximate surface area is 248 Å². The van der Waals surface area contributed by atoms with Gasteiger partial charge in [0.15, 0.2) is 0 Å². The molecule has 11 heteroatoms. The molecule has 1 aromatic carbocycles. The third-order valence-corrected chi connectivity index (χ3v) is 8.87. The summed E-state index contributed by atoms with van der Waals surface area (Å²) in [6.45, 7) is 2.12. The zero-order chi connectivity index (χ0) is 29.5. The van der Waals surface area contributed by atoms with Crippen molar-refractivity contribution in [2.45, 2.75) is 44.6 Å². The Morgan fingerprint density at radius 2 is 1.76 bits per heavy atom. The highest BCUT2D eigenvalue weighted by Gasteiger charge is 2.27. The maximum Gasteiger partial charge on any atom is 0.305 e. The van der Waals surface area contributed by atoms with Crippen molar-refractivity contribution in [3.63, 3.8) is 0 Å². The number of carboxylic acid groups (broad SMARTS) is 1. The second kappa shape index (κ2) is 13.6. The van der Waals surface area contributed by atoms with E-state index in [0.29, 0.717) is 43.0 Å². The summed E-state index contributed by atoms with van der Waals surface area (Å²) in [5.41, 5.74) is 2.20. The van der Waals surface area contributed by atoms with Crippen LogP contribution in [0.3, 0.4) is 0 Å². The van der Waals surface area contributed by atoms with E-state index in [1.54, 1.807) is 47.6 Å². The number of piperazine rings is 1. The van der Waals surface area contributed by atoms with E-state index >= 15 is 0 Å². The van der Waals surface area contributed by atoms with Crippen LogP contribution in [0.2, 0.25) is 0 Å². The van der Waals surface area contributed by atoms with Crippen LogP contribution in [0, 0.1) is 5.92 Å². The maximum atomic E-state index is 13.3. The average Bonchev–Trinajstić information content (AvgIpc) is 3.56. The van der Waals surface area contributed by atoms with E-state index in [1.165, 1.54) is 11.3 Å². The molecule has 5 rings (SSSR count). The Balaban J connectivity index is 1.35. The molecule has 0 radical (unpaired) electrons. The minimum Gasteiger partial charge on any atom is -0.481 e. The number of anilines is 2. The van der Waals surface area contributed by atoms with Gasteiger partial charge in [0.2, 0.25) is 5.91 Å². The molecule has 0 spiro atoms. The van der Waals surface area contributed by atoms with Crippen LogP contribution in [0.15, 0.2) is 60.2 Å². The van der Waals surface area contributed by atoms with E-state index in [0.717, 1.165) is 42.7 Å². The van der Waals surface area contributed by atoms with Crippen LogP contribution in [-0.4, -0.2) is 64.9 Å². The Hall–Kier alpha value is -4.25. The SMILES string of the molecule is O=C(O)CC(NC(=O)c1ccc(N2CCN(C(=O)c3cccnc3)CC2)c(NC(=O)C2CCCCC2)c1)c1cccs1. The zero-order valence-electron chi connectivity index (χ0n) is 23.3. The predicted octanol–water partition coefficient (Wildman–Crippen LogP) is 4.57. The molecule has 1 aliphatic heterocycles. The van der Waals surface area contributed by atoms with Gasteiger partial charge in [-0.3, -0.25) is 24.2 Å². The van der Waals surface area contributed by atoms with Crippen LogP contribution in [0.4, 0.5) is 11.4 Å². The largest absolute Gasteiger partial charge is 0.481 e. The van der Waals surface area contributed by atoms with Crippen molar-refractivity contribution in [1.82, 2.24) is 15.2 Å². The van der Waals surface area contributed by atoms with Gasteiger partial charge in [0, 0.05) is 54.9 Å². The van der Waals surface area contributed by atoms with Gasteiger partial charge in [-0.25, -0.2) is 0 Å². The molecule has 3 aromatic rings. The zero-order valence-corrected chi connectivity index (χ0v) is 24.1. The van der Waals surface area contributed by atoms with Crippen LogP contribution in [-0.2, 0) is 9.59 Å². The highest BCUT2D eigenvalue weighted by Crippen LogP contribution is 2.32. The predicted molar refractivity (Wildman–Crippen MR) is 161 cm³/mol. The van der Waals surface area contributed by atoms with E-state index < -0.39 is 17.9 Å². The molecule has 1 aliphatic carbocycles. The summed E-state index contributed by atoms with van der Waals surface area (Å²) >= 11 is 1.39. The number of nitrogens with one attached hydrogen (secondary N) is 2. The summed E-state index contributed by atoms with van der Waals surface area (Å²) in [5.74, 6) is -1.62. The molecule has 220 valence electrons. The van der Waals surface area contributed by atoms with Crippen molar-refractivity contribution < 1.29 is 24.3 Å². The first kappa shape index (κ1) is 29.2. The number of aliphatic carboxylic acids is 1. The lowest BCUT2D eigenvalue weighted by Gasteiger charge is -2.37. The number of aromatic nitrogens is 1. The summed E-state index contributed by atoms with van der Waals surface area (Å²) in [4.78, 5) is 59.7. The molecular weight excluding hydrogens is 554 g/mol. The van der Waals surface area contributed by atoms with E-state index in [1.807, 2.05) is 17.5 Å². The van der Waals surface area contributed by atoms with Gasteiger partial charge in [-0.1, -0.05) is 25.3 Å². The molecule has 2 aromatic heterocycles. The molecule has 1 unspecified atom stereocenters. The minimum absolute atomic E-state index is 0.0544. The maximum absolute atomic E-state index is 13.3. The van der Waals surface area contributed by atoms with Crippen LogP contribution >= 0.6 is 11.3 Å². The molecule has 3 heterocycles. The number of carbonyl (C=O) groups is 4. The number of rotatable bonds is 9. The molecule has 1 atom stereocenters. The fraction of sp³-hybridized carbons (Fsp3) is 0.387. The lowest BCUT2D eigenvalue weighted by atomic mass is 9.88. The second-order valence-electron chi connectivity index (χ2n) is 10.7. The lowest BCUT2D eigenvalue weighted by molar-refractivity contribution is -0.137. The van der Waals surface area contributed by atoms with Gasteiger partial charge < -0.3 is 25.5 Å². The fourth-order valence-corrected chi connectivity index (χ4v) is 6.38. The van der Waals surface area contributed by atoms with E-state index in [2.05, 4.69) is 20.5 Å². The molecule has 1 saturated carbocycles. The number of pyridine rings is 1. The van der Waals surface area contributed by atoms with E-state index in [4.69, 9.17) is 0 Å². The highest BCUT2D eigenvalue weighted by molar-refractivity contribution is 7.10. The van der Waals surface area contributed by atoms with E-state index in [9.17, 15) is 24.3 Å². The summed E-state index contributed by atoms with van der Waals surface area (Å²) in [6.07, 6.45) is 7.82. The van der Waals surface area contributed by atoms with Gasteiger partial charge in [0.25, 0.3) is 11.8 Å². The number of hydrogen-bond donors (Lipinski definition) is 3. The van der Waals surface area contributed by atoms with Crippen molar-refractivity contribution >= 4 is 46.4 Å². The van der Waals surface area contributed by atoms with Crippen LogP contribution in [0.1, 0.15) is 70.2 Å². The number of amides is 3. The molecule has 0 bridgehead atoms. The van der Waals surface area contributed by atoms with Gasteiger partial charge in [-0.05, 0) is 54.6 Å². The number of nitrogens with zero attached hydrogens (tertiary/aromatic N) is 3. The summed E-state index contributed by atoms with van der Waals surface area (Å²) < 4.78 is 0. The first-order valence-corrected chi connectivity index (χ1v) is 15.2. The number of thiophene rings is 1. The number of carbonyl (C=O) groups excluding carboxylic acids is 3. The Bertz CT molecular complexity index is 1400. The molecular formula is C31H35N5O5S. The lowest BCUT2D eigenvalue weighted by Crippen LogP contribution is -2.49. The Morgan fingerprint density at radius 3 is 2.43 bits per heavy atom. The first-order valence-electron chi connectivity index (χ1n) is 14.3. The first-order chi connectivity index (χ1) is 20.4. The molecule has 3 amide bonds. The molecule has 2 fully saturated rings. The van der Waals surface area contributed by atoms with Gasteiger partial charge in [-0.15, -0.1) is 11.3 Å². The van der Waals surface area contributed by atoms with Crippen molar-refractivity contribution in [2.75, 3.05) is 36.4 Å². The quantitative estimate of drug-likeness (QED) is 0.333. The smallest absolute Gasteiger partial charge is 0.305 e. The van der Waals surface area contributed by atoms with Crippen molar-refractivity contribution in [1.29, 1.82) is 0 Å². The topological polar surface area (TPSA) is 132 Å². The van der Waals surface area contributed by atoms with Gasteiger partial charge in [-0.2, -0.15) is 0 Å². The van der Waals surface area contributed by atoms with Crippen molar-refractivity contribution in [3.05, 3.63) is 76.2 Å². The Kier molecular flexibility index (Phi) is 9.48. The molecule has 3 N–H and O–H groups in total. The third-order valence-electron chi connectivity index (χ3n) is 7.88. The van der Waals surface area contributed by atoms with Gasteiger partial charge in [0.1, 0.15) is 0 Å². The third kappa shape index (κ3) is 7.14. The normalized spacial score (nSPS) is 16.5. The average molecular weight is 590 g/mol. The van der Waals surface area contributed by atoms with Gasteiger partial charge >= 0.3 is 5.97 Å². The van der Waals surface area contributed by atoms with Crippen LogP contribution in [0.5, 0.6) is 0 Å². The molecule has 2 aliphatic rings. The number of benzene rings is 1. The summed E-state index contributed by atoms with van der Waals surface area (Å²) in [7, 11) is 0. The molecule has 10 nitrogen and oxygen atoms in total. The second-order valence-corrected chi connectivity index (χ2v) is 11.7. The number of hydrogen-bond acceptors (Lipinski definition) is 7. The van der Waals surface area contributed by atoms with Crippen LogP contribution < -0.4 is 15.5 Å². The van der Waals surface area contributed by atoms with E-state index in [-0.39, 0.29) is 24.2 Å². The monoisotopic (exact) mass is 589 g/mol. The molecule has 42 heavy (non-hydrogen) atoms. The van der Waals surface area contributed by atoms with Gasteiger partial charge in [0.05, 0.1) is 29.4 Å². The number of carboxylic acids is 1. The minimum atomic E-state index is -1.01. The van der Waals surface area contributed by atoms with Crippen molar-refractivity contribution in [3.8, 4) is 0 Å². The summed E-state index contributed by atoms with van der Waals surface area (Å²) in [6, 6.07) is 11.6. The fourth-order valence-electron chi connectivity index (χ4n) is 5.60. The van der Waals surface area contributed by atoms with Crippen molar-refractivity contribution in [2.24, 2.45) is 5.92 Å². The standard InChI is InChI=1S/C31H35N5O5S/c37-28(38)19-25(27-9-5-17-42-27)34-30(40)22-10-11-26(24(18-22)33-29(39)21-6-2-1-3-7-21)35-13-15-36(16-14-35)31(41)23-8-4-12-32-20-23/h4-5,8-12,17-18,20-21,25H,1-3,6-7,13-16,19H2,(H,33,39)(H,34,40)(H,37,38). The highest BCUT2D eigenvalue weighted by atomic mass is 32.1. The van der Waals surface area contributed by atoms with Crippen LogP contribution in [0.25, 0.3) is 0 Å². The Morgan fingerprint density at radius 1 is 0.976 bits per heavy atom. The molecule has 1 saturated heterocycles. The summed E-state index contributed by atoms with van der Waals surface area (Å²) in [5, 5.41) is 17.2.